The number of methoxy groups -OCH3 is 1. The molecule has 0 radical (unpaired) electrons. The highest BCUT2D eigenvalue weighted by Gasteiger charge is 2.10. The number of hydrogen-bond acceptors (Lipinski definition) is 3. The average molecular weight is 327 g/mol. The van der Waals surface area contributed by atoms with Gasteiger partial charge in [-0.25, -0.2) is 4.79 Å². The number of ether oxygens (including phenoxy) is 1. The van der Waals surface area contributed by atoms with E-state index in [2.05, 4.69) is 29.6 Å². The van der Waals surface area contributed by atoms with E-state index in [1.807, 2.05) is 18.2 Å². The summed E-state index contributed by atoms with van der Waals surface area (Å²) in [7, 11) is 1.73. The Morgan fingerprint density at radius 1 is 1.08 bits per heavy atom. The van der Waals surface area contributed by atoms with Gasteiger partial charge in [-0.1, -0.05) is 42.5 Å². The lowest BCUT2D eigenvalue weighted by Crippen LogP contribution is -2.31. The van der Waals surface area contributed by atoms with E-state index in [0.29, 0.717) is 11.6 Å². The maximum Gasteiger partial charge on any atom is 0.335 e. The summed E-state index contributed by atoms with van der Waals surface area (Å²) in [4.78, 5) is 10.9. The van der Waals surface area contributed by atoms with Crippen LogP contribution in [0.25, 0.3) is 0 Å². The third kappa shape index (κ3) is 6.14. The molecule has 0 aliphatic carbocycles. The standard InChI is InChI=1S/C20H25NO3/c1-24-13-5-8-19(14-16-6-3-2-4-7-16)21-15-17-9-11-18(12-10-17)20(22)23/h2-4,6-7,9-12,19,21H,5,8,13-15H2,1H3,(H,22,23). The van der Waals surface area contributed by atoms with Crippen molar-refractivity contribution in [2.75, 3.05) is 13.7 Å². The quantitative estimate of drug-likeness (QED) is 0.656. The summed E-state index contributed by atoms with van der Waals surface area (Å²) >= 11 is 0. The van der Waals surface area contributed by atoms with Gasteiger partial charge in [0.15, 0.2) is 0 Å². The molecule has 1 unspecified atom stereocenters. The number of nitrogens with one attached hydrogen (secondary N) is 1. The molecule has 0 fully saturated rings. The highest BCUT2D eigenvalue weighted by atomic mass is 16.5. The minimum atomic E-state index is -0.893. The molecule has 0 bridgehead atoms. The van der Waals surface area contributed by atoms with Crippen molar-refractivity contribution in [3.8, 4) is 0 Å². The Labute approximate surface area is 143 Å². The minimum Gasteiger partial charge on any atom is -0.478 e. The van der Waals surface area contributed by atoms with Crippen LogP contribution in [0.1, 0.15) is 34.3 Å². The van der Waals surface area contributed by atoms with Crippen LogP contribution >= 0.6 is 0 Å². The average Bonchev–Trinajstić information content (AvgIpc) is 2.61. The van der Waals surface area contributed by atoms with Crippen LogP contribution in [0.15, 0.2) is 54.6 Å². The lowest BCUT2D eigenvalue weighted by molar-refractivity contribution is 0.0697. The van der Waals surface area contributed by atoms with Gasteiger partial charge in [-0.2, -0.15) is 0 Å². The van der Waals surface area contributed by atoms with Crippen molar-refractivity contribution < 1.29 is 14.6 Å². The Balaban J connectivity index is 1.92. The molecule has 2 aromatic carbocycles. The van der Waals surface area contributed by atoms with Gasteiger partial charge in [-0.15, -0.1) is 0 Å². The molecule has 2 rings (SSSR count). The summed E-state index contributed by atoms with van der Waals surface area (Å²) < 4.78 is 5.16. The molecule has 0 amide bonds. The van der Waals surface area contributed by atoms with E-state index in [1.165, 1.54) is 5.56 Å². The SMILES string of the molecule is COCCCC(Cc1ccccc1)NCc1ccc(C(=O)O)cc1. The van der Waals surface area contributed by atoms with Gasteiger partial charge in [0.2, 0.25) is 0 Å². The van der Waals surface area contributed by atoms with E-state index >= 15 is 0 Å². The summed E-state index contributed by atoms with van der Waals surface area (Å²) in [5.74, 6) is -0.893. The Morgan fingerprint density at radius 3 is 2.42 bits per heavy atom. The second-order valence-electron chi connectivity index (χ2n) is 5.90. The van der Waals surface area contributed by atoms with Crippen LogP contribution in [0, 0.1) is 0 Å². The molecule has 1 atom stereocenters. The van der Waals surface area contributed by atoms with Gasteiger partial charge in [-0.05, 0) is 42.5 Å². The first-order valence-corrected chi connectivity index (χ1v) is 8.27. The maximum absolute atomic E-state index is 10.9. The van der Waals surface area contributed by atoms with Crippen molar-refractivity contribution in [1.29, 1.82) is 0 Å². The first kappa shape index (κ1) is 18.2. The molecule has 24 heavy (non-hydrogen) atoms. The Kier molecular flexibility index (Phi) is 7.46. The highest BCUT2D eigenvalue weighted by Crippen LogP contribution is 2.10. The highest BCUT2D eigenvalue weighted by molar-refractivity contribution is 5.87. The number of carboxylic acids is 1. The van der Waals surface area contributed by atoms with E-state index in [0.717, 1.165) is 38.0 Å². The van der Waals surface area contributed by atoms with Gasteiger partial charge in [0, 0.05) is 26.3 Å². The van der Waals surface area contributed by atoms with E-state index in [4.69, 9.17) is 9.84 Å². The predicted octanol–water partition coefficient (Wildman–Crippen LogP) is 3.51. The summed E-state index contributed by atoms with van der Waals surface area (Å²) in [6.45, 7) is 1.49. The predicted molar refractivity (Wildman–Crippen MR) is 95.3 cm³/mol. The monoisotopic (exact) mass is 327 g/mol. The van der Waals surface area contributed by atoms with Gasteiger partial charge in [-0.3, -0.25) is 0 Å². The third-order valence-electron chi connectivity index (χ3n) is 4.02. The molecule has 4 nitrogen and oxygen atoms in total. The summed E-state index contributed by atoms with van der Waals surface area (Å²) in [6, 6.07) is 17.8. The number of carbonyl (C=O) groups is 1. The van der Waals surface area contributed by atoms with Crippen molar-refractivity contribution in [2.24, 2.45) is 0 Å². The molecule has 2 N–H and O–H groups in total. The van der Waals surface area contributed by atoms with Crippen LogP contribution in [0.3, 0.4) is 0 Å². The third-order valence-corrected chi connectivity index (χ3v) is 4.02. The molecule has 0 spiro atoms. The molecule has 2 aromatic rings. The second kappa shape index (κ2) is 9.85. The topological polar surface area (TPSA) is 58.6 Å². The van der Waals surface area contributed by atoms with Crippen molar-refractivity contribution in [2.45, 2.75) is 31.8 Å². The smallest absolute Gasteiger partial charge is 0.335 e. The second-order valence-corrected chi connectivity index (χ2v) is 5.90. The normalized spacial score (nSPS) is 12.0. The number of rotatable bonds is 10. The fourth-order valence-corrected chi connectivity index (χ4v) is 2.68. The Hall–Kier alpha value is -2.17. The molecular formula is C20H25NO3. The molecular weight excluding hydrogens is 302 g/mol. The molecule has 0 aromatic heterocycles. The number of hydrogen-bond donors (Lipinski definition) is 2. The fraction of sp³-hybridized carbons (Fsp3) is 0.350. The molecule has 4 heteroatoms. The van der Waals surface area contributed by atoms with Crippen molar-refractivity contribution >= 4 is 5.97 Å². The van der Waals surface area contributed by atoms with Crippen LogP contribution < -0.4 is 5.32 Å². The van der Waals surface area contributed by atoms with Crippen LogP contribution in [0.5, 0.6) is 0 Å². The molecule has 0 heterocycles. The minimum absolute atomic E-state index is 0.319. The van der Waals surface area contributed by atoms with Gasteiger partial charge < -0.3 is 15.2 Å². The van der Waals surface area contributed by atoms with Crippen LogP contribution in [0.2, 0.25) is 0 Å². The van der Waals surface area contributed by atoms with E-state index in [9.17, 15) is 4.79 Å². The maximum atomic E-state index is 10.9. The Bertz CT molecular complexity index is 611. The van der Waals surface area contributed by atoms with Crippen LogP contribution in [0.4, 0.5) is 0 Å². The van der Waals surface area contributed by atoms with Gasteiger partial charge in [0.1, 0.15) is 0 Å². The first-order chi connectivity index (χ1) is 11.7. The van der Waals surface area contributed by atoms with Crippen molar-refractivity contribution in [3.05, 3.63) is 71.3 Å². The lowest BCUT2D eigenvalue weighted by Gasteiger charge is -2.19. The first-order valence-electron chi connectivity index (χ1n) is 8.27. The molecule has 128 valence electrons. The van der Waals surface area contributed by atoms with E-state index in [-0.39, 0.29) is 0 Å². The summed E-state index contributed by atoms with van der Waals surface area (Å²) in [5.41, 5.74) is 2.72. The zero-order valence-electron chi connectivity index (χ0n) is 14.1. The van der Waals surface area contributed by atoms with E-state index < -0.39 is 5.97 Å². The van der Waals surface area contributed by atoms with Gasteiger partial charge in [0.25, 0.3) is 0 Å². The largest absolute Gasteiger partial charge is 0.478 e. The molecule has 0 saturated heterocycles. The summed E-state index contributed by atoms with van der Waals surface area (Å²) in [6.07, 6.45) is 3.02. The fourth-order valence-electron chi connectivity index (χ4n) is 2.68. The zero-order chi connectivity index (χ0) is 17.2. The van der Waals surface area contributed by atoms with Crippen molar-refractivity contribution in [3.63, 3.8) is 0 Å². The lowest BCUT2D eigenvalue weighted by atomic mass is 10.0. The number of carboxylic acid groups (broad SMARTS) is 1. The number of benzene rings is 2. The van der Waals surface area contributed by atoms with Crippen molar-refractivity contribution in [1.82, 2.24) is 5.32 Å². The van der Waals surface area contributed by atoms with Gasteiger partial charge >= 0.3 is 5.97 Å². The zero-order valence-corrected chi connectivity index (χ0v) is 14.1. The van der Waals surface area contributed by atoms with Crippen LogP contribution in [-0.4, -0.2) is 30.8 Å². The number of aromatic carboxylic acids is 1. The Morgan fingerprint density at radius 2 is 1.79 bits per heavy atom. The molecule has 0 aliphatic rings. The van der Waals surface area contributed by atoms with E-state index in [1.54, 1.807) is 19.2 Å². The van der Waals surface area contributed by atoms with Crippen LogP contribution in [-0.2, 0) is 17.7 Å². The molecule has 0 aliphatic heterocycles. The molecule has 0 saturated carbocycles. The summed E-state index contributed by atoms with van der Waals surface area (Å²) in [5, 5.41) is 12.5. The van der Waals surface area contributed by atoms with Gasteiger partial charge in [0.05, 0.1) is 5.56 Å².